The molecule has 0 heterocycles. The second kappa shape index (κ2) is 7.44. The number of carboxylic acid groups (broad SMARTS) is 1. The molecule has 7 nitrogen and oxygen atoms in total. The molecule has 1 rings (SSSR count). The zero-order chi connectivity index (χ0) is 15.1. The molecule has 0 saturated carbocycles. The summed E-state index contributed by atoms with van der Waals surface area (Å²) in [4.78, 5) is 32.3. The maximum Gasteiger partial charge on any atom is 0.303 e. The second-order valence-corrected chi connectivity index (χ2v) is 4.41. The highest BCUT2D eigenvalue weighted by Crippen LogP contribution is 2.25. The van der Waals surface area contributed by atoms with Gasteiger partial charge in [-0.1, -0.05) is 17.7 Å². The maximum absolute atomic E-state index is 11.9. The summed E-state index contributed by atoms with van der Waals surface area (Å²) in [5.41, 5.74) is -0.544. The SMILES string of the molecule is O=C(O)CCCCNC(=O)c1c(Cl)cccc1[N+](=O)[O-]. The first kappa shape index (κ1) is 15.9. The Balaban J connectivity index is 2.64. The number of benzene rings is 1. The van der Waals surface area contributed by atoms with Gasteiger partial charge in [-0.25, -0.2) is 0 Å². The number of nitrogens with zero attached hydrogens (tertiary/aromatic N) is 1. The van der Waals surface area contributed by atoms with Crippen LogP contribution in [-0.2, 0) is 4.79 Å². The summed E-state index contributed by atoms with van der Waals surface area (Å²) < 4.78 is 0. The van der Waals surface area contributed by atoms with Crippen molar-refractivity contribution in [2.24, 2.45) is 0 Å². The fraction of sp³-hybridized carbons (Fsp3) is 0.333. The van der Waals surface area contributed by atoms with E-state index in [0.717, 1.165) is 0 Å². The summed E-state index contributed by atoms with van der Waals surface area (Å²) in [6.07, 6.45) is 0.901. The summed E-state index contributed by atoms with van der Waals surface area (Å²) in [5.74, 6) is -1.55. The topological polar surface area (TPSA) is 110 Å². The van der Waals surface area contributed by atoms with E-state index in [1.807, 2.05) is 0 Å². The van der Waals surface area contributed by atoms with Crippen LogP contribution in [0.4, 0.5) is 5.69 Å². The quantitative estimate of drug-likeness (QED) is 0.456. The zero-order valence-corrected chi connectivity index (χ0v) is 11.2. The van der Waals surface area contributed by atoms with Crippen molar-refractivity contribution in [1.82, 2.24) is 5.32 Å². The maximum atomic E-state index is 11.9. The lowest BCUT2D eigenvalue weighted by molar-refractivity contribution is -0.385. The Hall–Kier alpha value is -2.15. The number of amides is 1. The Kier molecular flexibility index (Phi) is 5.92. The van der Waals surface area contributed by atoms with Gasteiger partial charge in [-0.15, -0.1) is 0 Å². The fourth-order valence-electron chi connectivity index (χ4n) is 1.58. The molecule has 0 fully saturated rings. The van der Waals surface area contributed by atoms with Crippen LogP contribution in [-0.4, -0.2) is 28.5 Å². The lowest BCUT2D eigenvalue weighted by Gasteiger charge is -2.06. The molecular formula is C12H13ClN2O5. The molecule has 0 aliphatic carbocycles. The second-order valence-electron chi connectivity index (χ2n) is 4.00. The van der Waals surface area contributed by atoms with E-state index < -0.39 is 16.8 Å². The number of nitro groups is 1. The van der Waals surface area contributed by atoms with E-state index in [9.17, 15) is 19.7 Å². The molecule has 0 bridgehead atoms. The summed E-state index contributed by atoms with van der Waals surface area (Å²) in [5, 5.41) is 21.8. The average molecular weight is 301 g/mol. The first-order valence-corrected chi connectivity index (χ1v) is 6.24. The monoisotopic (exact) mass is 300 g/mol. The lowest BCUT2D eigenvalue weighted by atomic mass is 10.1. The van der Waals surface area contributed by atoms with E-state index in [1.165, 1.54) is 18.2 Å². The van der Waals surface area contributed by atoms with Crippen LogP contribution in [0, 0.1) is 10.1 Å². The van der Waals surface area contributed by atoms with E-state index in [-0.39, 0.29) is 29.2 Å². The summed E-state index contributed by atoms with van der Waals surface area (Å²) in [7, 11) is 0. The van der Waals surface area contributed by atoms with Gasteiger partial charge in [0.1, 0.15) is 5.56 Å². The van der Waals surface area contributed by atoms with Crippen molar-refractivity contribution in [3.8, 4) is 0 Å². The minimum absolute atomic E-state index is 0.00207. The third-order valence-corrected chi connectivity index (χ3v) is 2.83. The van der Waals surface area contributed by atoms with Gasteiger partial charge in [0.05, 0.1) is 9.95 Å². The molecule has 0 radical (unpaired) electrons. The minimum atomic E-state index is -0.905. The Bertz CT molecular complexity index is 533. The molecule has 0 spiro atoms. The minimum Gasteiger partial charge on any atom is -0.481 e. The van der Waals surface area contributed by atoms with Gasteiger partial charge in [-0.05, 0) is 18.9 Å². The number of nitro benzene ring substituents is 1. The Morgan fingerprint density at radius 1 is 1.35 bits per heavy atom. The largest absolute Gasteiger partial charge is 0.481 e. The van der Waals surface area contributed by atoms with Crippen LogP contribution >= 0.6 is 11.6 Å². The molecule has 2 N–H and O–H groups in total. The summed E-state index contributed by atoms with van der Waals surface area (Å²) in [6, 6.07) is 3.99. The normalized spacial score (nSPS) is 10.1. The van der Waals surface area contributed by atoms with E-state index >= 15 is 0 Å². The van der Waals surface area contributed by atoms with Gasteiger partial charge in [0.15, 0.2) is 0 Å². The van der Waals surface area contributed by atoms with Crippen molar-refractivity contribution in [1.29, 1.82) is 0 Å². The van der Waals surface area contributed by atoms with Crippen LogP contribution in [0.2, 0.25) is 5.02 Å². The van der Waals surface area contributed by atoms with E-state index in [4.69, 9.17) is 16.7 Å². The first-order chi connectivity index (χ1) is 9.43. The Morgan fingerprint density at radius 3 is 2.65 bits per heavy atom. The molecule has 108 valence electrons. The van der Waals surface area contributed by atoms with Crippen molar-refractivity contribution in [3.05, 3.63) is 38.9 Å². The fourth-order valence-corrected chi connectivity index (χ4v) is 1.84. The van der Waals surface area contributed by atoms with Gasteiger partial charge in [-0.3, -0.25) is 19.7 Å². The van der Waals surface area contributed by atoms with E-state index in [1.54, 1.807) is 0 Å². The van der Waals surface area contributed by atoms with E-state index in [0.29, 0.717) is 12.8 Å². The standard InChI is InChI=1S/C12H13ClN2O5/c13-8-4-3-5-9(15(19)20)11(8)12(18)14-7-2-1-6-10(16)17/h3-5H,1-2,6-7H2,(H,14,18)(H,16,17). The van der Waals surface area contributed by atoms with Gasteiger partial charge in [0.25, 0.3) is 11.6 Å². The number of unbranched alkanes of at least 4 members (excludes halogenated alkanes) is 1. The number of nitrogens with one attached hydrogen (secondary N) is 1. The molecule has 0 unspecified atom stereocenters. The van der Waals surface area contributed by atoms with Crippen LogP contribution in [0.3, 0.4) is 0 Å². The number of carboxylic acids is 1. The zero-order valence-electron chi connectivity index (χ0n) is 10.5. The van der Waals surface area contributed by atoms with Crippen molar-refractivity contribution in [2.75, 3.05) is 6.54 Å². The van der Waals surface area contributed by atoms with Gasteiger partial charge < -0.3 is 10.4 Å². The molecule has 20 heavy (non-hydrogen) atoms. The number of rotatable bonds is 7. The van der Waals surface area contributed by atoms with E-state index in [2.05, 4.69) is 5.32 Å². The van der Waals surface area contributed by atoms with Gasteiger partial charge in [0.2, 0.25) is 0 Å². The van der Waals surface area contributed by atoms with Crippen LogP contribution in [0.5, 0.6) is 0 Å². The predicted octanol–water partition coefficient (Wildman–Crippen LogP) is 2.23. The molecule has 1 aromatic rings. The number of hydrogen-bond donors (Lipinski definition) is 2. The van der Waals surface area contributed by atoms with Crippen molar-refractivity contribution in [3.63, 3.8) is 0 Å². The summed E-state index contributed by atoms with van der Waals surface area (Å²) >= 11 is 5.81. The smallest absolute Gasteiger partial charge is 0.303 e. The predicted molar refractivity (Wildman–Crippen MR) is 71.9 cm³/mol. The Morgan fingerprint density at radius 2 is 2.05 bits per heavy atom. The molecule has 0 aliphatic rings. The molecule has 0 atom stereocenters. The molecule has 1 aromatic carbocycles. The van der Waals surface area contributed by atoms with Crippen molar-refractivity contribution >= 4 is 29.2 Å². The third-order valence-electron chi connectivity index (χ3n) is 2.52. The highest BCUT2D eigenvalue weighted by Gasteiger charge is 2.22. The van der Waals surface area contributed by atoms with Crippen molar-refractivity contribution < 1.29 is 19.6 Å². The van der Waals surface area contributed by atoms with Crippen molar-refractivity contribution in [2.45, 2.75) is 19.3 Å². The average Bonchev–Trinajstić information content (AvgIpc) is 2.37. The number of hydrogen-bond acceptors (Lipinski definition) is 4. The van der Waals surface area contributed by atoms with Crippen LogP contribution < -0.4 is 5.32 Å². The highest BCUT2D eigenvalue weighted by atomic mass is 35.5. The van der Waals surface area contributed by atoms with Crippen LogP contribution in [0.25, 0.3) is 0 Å². The van der Waals surface area contributed by atoms with Gasteiger partial charge in [-0.2, -0.15) is 0 Å². The molecule has 1 amide bonds. The number of carbonyl (C=O) groups is 2. The molecule has 0 aromatic heterocycles. The molecule has 8 heteroatoms. The molecular weight excluding hydrogens is 288 g/mol. The van der Waals surface area contributed by atoms with Crippen LogP contribution in [0.1, 0.15) is 29.6 Å². The molecule has 0 saturated heterocycles. The number of aliphatic carboxylic acids is 1. The van der Waals surface area contributed by atoms with Gasteiger partial charge >= 0.3 is 5.97 Å². The Labute approximate surface area is 119 Å². The molecule has 0 aliphatic heterocycles. The number of halogens is 1. The summed E-state index contributed by atoms with van der Waals surface area (Å²) in [6.45, 7) is 0.231. The highest BCUT2D eigenvalue weighted by molar-refractivity contribution is 6.34. The van der Waals surface area contributed by atoms with Crippen LogP contribution in [0.15, 0.2) is 18.2 Å². The third kappa shape index (κ3) is 4.51. The number of carbonyl (C=O) groups excluding carboxylic acids is 1. The lowest BCUT2D eigenvalue weighted by Crippen LogP contribution is -2.25. The van der Waals surface area contributed by atoms with Gasteiger partial charge in [0, 0.05) is 19.0 Å². The first-order valence-electron chi connectivity index (χ1n) is 5.86.